The summed E-state index contributed by atoms with van der Waals surface area (Å²) in [4.78, 5) is 22.9. The van der Waals surface area contributed by atoms with Gasteiger partial charge in [-0.1, -0.05) is 23.7 Å². The Labute approximate surface area is 149 Å². The highest BCUT2D eigenvalue weighted by Crippen LogP contribution is 2.09. The van der Waals surface area contributed by atoms with Crippen molar-refractivity contribution in [3.63, 3.8) is 0 Å². The molecule has 0 aliphatic rings. The van der Waals surface area contributed by atoms with Gasteiger partial charge in [-0.2, -0.15) is 0 Å². The van der Waals surface area contributed by atoms with Gasteiger partial charge in [0.25, 0.3) is 5.91 Å². The minimum atomic E-state index is -0.548. The van der Waals surface area contributed by atoms with Crippen molar-refractivity contribution < 1.29 is 9.59 Å². The Bertz CT molecular complexity index is 748. The topological polar surface area (TPSA) is 96.2 Å². The van der Waals surface area contributed by atoms with Crippen molar-refractivity contribution in [3.8, 4) is 0 Å². The molecular formula is C16H15ClN4O2S. The first-order valence-corrected chi connectivity index (χ1v) is 7.73. The molecule has 124 valence electrons. The first kappa shape index (κ1) is 17.7. The lowest BCUT2D eigenvalue weighted by molar-refractivity contribution is 0.0941. The minimum absolute atomic E-state index is 0.270. The van der Waals surface area contributed by atoms with Crippen molar-refractivity contribution in [3.05, 3.63) is 70.2 Å². The number of carbonyl (C=O) groups is 2. The summed E-state index contributed by atoms with van der Waals surface area (Å²) in [6, 6.07) is 13.3. The van der Waals surface area contributed by atoms with E-state index in [1.165, 1.54) is 24.3 Å². The number of hydrogen-bond donors (Lipinski definition) is 4. The summed E-state index contributed by atoms with van der Waals surface area (Å²) in [5.74, 6) is -0.936. The maximum Gasteiger partial charge on any atom is 0.269 e. The van der Waals surface area contributed by atoms with E-state index < -0.39 is 5.91 Å². The lowest BCUT2D eigenvalue weighted by Crippen LogP contribution is -2.46. The summed E-state index contributed by atoms with van der Waals surface area (Å²) >= 11 is 10.9. The van der Waals surface area contributed by atoms with Gasteiger partial charge in [-0.15, -0.1) is 0 Å². The van der Waals surface area contributed by atoms with Crippen LogP contribution < -0.4 is 21.9 Å². The largest absolute Gasteiger partial charge is 0.366 e. The van der Waals surface area contributed by atoms with Gasteiger partial charge in [-0.25, -0.2) is 0 Å². The molecule has 8 heteroatoms. The number of hydrazine groups is 1. The molecule has 2 aromatic carbocycles. The third-order valence-corrected chi connectivity index (χ3v) is 3.59. The first-order valence-electron chi connectivity index (χ1n) is 6.94. The Morgan fingerprint density at radius 3 is 2.12 bits per heavy atom. The lowest BCUT2D eigenvalue weighted by atomic mass is 10.1. The molecule has 0 heterocycles. The number of amides is 2. The van der Waals surface area contributed by atoms with Crippen molar-refractivity contribution in [2.24, 2.45) is 5.73 Å². The number of nitrogens with one attached hydrogen (secondary N) is 3. The van der Waals surface area contributed by atoms with Crippen molar-refractivity contribution >= 4 is 40.7 Å². The summed E-state index contributed by atoms with van der Waals surface area (Å²) in [6.07, 6.45) is 0. The molecule has 2 aromatic rings. The molecule has 2 amide bonds. The molecule has 0 saturated heterocycles. The maximum atomic E-state index is 12.0. The van der Waals surface area contributed by atoms with Crippen molar-refractivity contribution in [1.29, 1.82) is 0 Å². The van der Waals surface area contributed by atoms with Gasteiger partial charge in [0.05, 0.1) is 0 Å². The van der Waals surface area contributed by atoms with Crippen LogP contribution in [-0.4, -0.2) is 16.9 Å². The molecule has 0 radical (unpaired) electrons. The number of rotatable bonds is 4. The van der Waals surface area contributed by atoms with Gasteiger partial charge >= 0.3 is 0 Å². The molecule has 6 nitrogen and oxygen atoms in total. The Morgan fingerprint density at radius 2 is 1.54 bits per heavy atom. The maximum absolute atomic E-state index is 12.0. The minimum Gasteiger partial charge on any atom is -0.366 e. The molecule has 2 rings (SSSR count). The average molecular weight is 363 g/mol. The molecule has 0 saturated carbocycles. The molecule has 24 heavy (non-hydrogen) atoms. The van der Waals surface area contributed by atoms with Gasteiger partial charge < -0.3 is 11.1 Å². The molecule has 0 unspecified atom stereocenters. The summed E-state index contributed by atoms with van der Waals surface area (Å²) in [6.45, 7) is 0.492. The number of halogens is 1. The zero-order valence-electron chi connectivity index (χ0n) is 12.5. The van der Waals surface area contributed by atoms with Crippen LogP contribution in [0.25, 0.3) is 0 Å². The van der Waals surface area contributed by atoms with Crippen LogP contribution in [0.1, 0.15) is 26.3 Å². The van der Waals surface area contributed by atoms with Gasteiger partial charge in [0.2, 0.25) is 5.91 Å². The molecule has 0 aliphatic carbocycles. The number of carbonyl (C=O) groups excluding carboxylic acids is 2. The Morgan fingerprint density at radius 1 is 0.958 bits per heavy atom. The van der Waals surface area contributed by atoms with Gasteiger partial charge in [-0.05, 0) is 54.2 Å². The molecular weight excluding hydrogens is 348 g/mol. The Kier molecular flexibility index (Phi) is 6.11. The molecule has 0 bridgehead atoms. The Balaban J connectivity index is 1.79. The van der Waals surface area contributed by atoms with Gasteiger partial charge in [0, 0.05) is 22.7 Å². The first-order chi connectivity index (χ1) is 11.5. The fourth-order valence-corrected chi connectivity index (χ4v) is 2.05. The van der Waals surface area contributed by atoms with Crippen molar-refractivity contribution in [1.82, 2.24) is 16.2 Å². The van der Waals surface area contributed by atoms with Crippen molar-refractivity contribution in [2.45, 2.75) is 6.54 Å². The summed E-state index contributed by atoms with van der Waals surface area (Å²) < 4.78 is 0. The molecule has 0 fully saturated rings. The average Bonchev–Trinajstić information content (AvgIpc) is 2.59. The fourth-order valence-electron chi connectivity index (χ4n) is 1.80. The van der Waals surface area contributed by atoms with Crippen LogP contribution in [0.15, 0.2) is 48.5 Å². The van der Waals surface area contributed by atoms with E-state index in [4.69, 9.17) is 29.6 Å². The Hall–Kier alpha value is -2.64. The van der Waals surface area contributed by atoms with E-state index in [0.29, 0.717) is 22.7 Å². The second-order valence-corrected chi connectivity index (χ2v) is 5.67. The van der Waals surface area contributed by atoms with Crippen LogP contribution >= 0.6 is 23.8 Å². The van der Waals surface area contributed by atoms with Crippen LogP contribution in [0.3, 0.4) is 0 Å². The summed E-state index contributed by atoms with van der Waals surface area (Å²) in [5.41, 5.74) is 11.9. The highest BCUT2D eigenvalue weighted by molar-refractivity contribution is 7.80. The second-order valence-electron chi connectivity index (χ2n) is 4.83. The van der Waals surface area contributed by atoms with Crippen molar-refractivity contribution in [2.75, 3.05) is 0 Å². The predicted molar refractivity (Wildman–Crippen MR) is 96.5 cm³/mol. The summed E-state index contributed by atoms with van der Waals surface area (Å²) in [5, 5.41) is 3.88. The van der Waals surface area contributed by atoms with E-state index in [1.54, 1.807) is 12.1 Å². The number of hydrogen-bond acceptors (Lipinski definition) is 3. The van der Waals surface area contributed by atoms with Crippen LogP contribution in [0, 0.1) is 0 Å². The van der Waals surface area contributed by atoms with E-state index in [1.807, 2.05) is 12.1 Å². The SMILES string of the molecule is NC(=O)c1ccc(C(=O)NNC(=S)NCc2ccc(Cl)cc2)cc1. The number of benzene rings is 2. The number of thiocarbonyl (C=S) groups is 1. The molecule has 0 atom stereocenters. The normalized spacial score (nSPS) is 9.88. The monoisotopic (exact) mass is 362 g/mol. The van der Waals surface area contributed by atoms with E-state index in [0.717, 1.165) is 5.56 Å². The standard InChI is InChI=1S/C16H15ClN4O2S/c17-13-7-1-10(2-8-13)9-19-16(24)21-20-15(23)12-5-3-11(4-6-12)14(18)22/h1-8H,9H2,(H2,18,22)(H,20,23)(H2,19,21,24). The summed E-state index contributed by atoms with van der Waals surface area (Å²) in [7, 11) is 0. The van der Waals surface area contributed by atoms with Crippen LogP contribution in [0.4, 0.5) is 0 Å². The molecule has 5 N–H and O–H groups in total. The second kappa shape index (κ2) is 8.28. The third-order valence-electron chi connectivity index (χ3n) is 3.09. The molecule has 0 spiro atoms. The number of nitrogens with two attached hydrogens (primary N) is 1. The number of primary amides is 1. The van der Waals surface area contributed by atoms with Gasteiger partial charge in [0.1, 0.15) is 0 Å². The van der Waals surface area contributed by atoms with E-state index in [9.17, 15) is 9.59 Å². The predicted octanol–water partition coefficient (Wildman–Crippen LogP) is 1.75. The van der Waals surface area contributed by atoms with Crippen LogP contribution in [0.2, 0.25) is 5.02 Å². The molecule has 0 aromatic heterocycles. The highest BCUT2D eigenvalue weighted by Gasteiger charge is 2.07. The van der Waals surface area contributed by atoms with Crippen LogP contribution in [0.5, 0.6) is 0 Å². The highest BCUT2D eigenvalue weighted by atomic mass is 35.5. The smallest absolute Gasteiger partial charge is 0.269 e. The van der Waals surface area contributed by atoms with E-state index in [-0.39, 0.29) is 11.0 Å². The zero-order valence-corrected chi connectivity index (χ0v) is 14.1. The quantitative estimate of drug-likeness (QED) is 0.491. The van der Waals surface area contributed by atoms with E-state index >= 15 is 0 Å². The van der Waals surface area contributed by atoms with Crippen LogP contribution in [-0.2, 0) is 6.54 Å². The third kappa shape index (κ3) is 5.22. The van der Waals surface area contributed by atoms with Gasteiger partial charge in [-0.3, -0.25) is 20.4 Å². The lowest BCUT2D eigenvalue weighted by Gasteiger charge is -2.12. The zero-order chi connectivity index (χ0) is 17.5. The van der Waals surface area contributed by atoms with Gasteiger partial charge in [0.15, 0.2) is 5.11 Å². The van der Waals surface area contributed by atoms with E-state index in [2.05, 4.69) is 16.2 Å². The molecule has 0 aliphatic heterocycles. The fraction of sp³-hybridized carbons (Fsp3) is 0.0625.